The van der Waals surface area contributed by atoms with Crippen molar-refractivity contribution in [3.05, 3.63) is 0 Å². The molecule has 0 heterocycles. The number of carbonyl (C=O) groups is 1. The van der Waals surface area contributed by atoms with Gasteiger partial charge in [0.05, 0.1) is 0 Å². The van der Waals surface area contributed by atoms with E-state index in [-0.39, 0.29) is 12.1 Å². The minimum Gasteiger partial charge on any atom is -0.463 e. The zero-order valence-corrected chi connectivity index (χ0v) is 13.4. The summed E-state index contributed by atoms with van der Waals surface area (Å²) in [7, 11) is 0. The quantitative estimate of drug-likeness (QED) is 0.654. The molecule has 0 atom stereocenters. The molecule has 20 heavy (non-hydrogen) atoms. The molecule has 2 nitrogen and oxygen atoms in total. The van der Waals surface area contributed by atoms with E-state index in [1.165, 1.54) is 64.7 Å². The van der Waals surface area contributed by atoms with Crippen molar-refractivity contribution in [2.24, 2.45) is 17.8 Å². The minimum absolute atomic E-state index is 0.110. The summed E-state index contributed by atoms with van der Waals surface area (Å²) in [5.41, 5.74) is 0. The molecule has 0 aliphatic heterocycles. The SMILES string of the molecule is CC[C@H]1CC[C@H](CC[C@H]2CC[C@H](OC(C)=O)CC2)CC1. The Morgan fingerprint density at radius 2 is 1.30 bits per heavy atom. The smallest absolute Gasteiger partial charge is 0.302 e. The molecule has 0 radical (unpaired) electrons. The van der Waals surface area contributed by atoms with Crippen molar-refractivity contribution in [2.45, 2.75) is 90.6 Å². The predicted octanol–water partition coefficient (Wildman–Crippen LogP) is 5.10. The molecular weight excluding hydrogens is 248 g/mol. The van der Waals surface area contributed by atoms with Crippen molar-refractivity contribution < 1.29 is 9.53 Å². The van der Waals surface area contributed by atoms with Crippen molar-refractivity contribution >= 4 is 5.97 Å². The zero-order valence-electron chi connectivity index (χ0n) is 13.4. The third-order valence-corrected chi connectivity index (χ3v) is 5.65. The van der Waals surface area contributed by atoms with Gasteiger partial charge in [-0.15, -0.1) is 0 Å². The van der Waals surface area contributed by atoms with Crippen LogP contribution in [0.2, 0.25) is 0 Å². The standard InChI is InChI=1S/C18H32O2/c1-3-15-4-6-16(7-5-15)8-9-17-10-12-18(13-11-17)20-14(2)19/h15-18H,3-13H2,1-2H3/t15-,16-,17-,18-. The summed E-state index contributed by atoms with van der Waals surface area (Å²) >= 11 is 0. The van der Waals surface area contributed by atoms with E-state index in [4.69, 9.17) is 4.74 Å². The molecule has 2 rings (SSSR count). The molecule has 2 fully saturated rings. The molecular formula is C18H32O2. The van der Waals surface area contributed by atoms with E-state index in [2.05, 4.69) is 6.92 Å². The maximum Gasteiger partial charge on any atom is 0.302 e. The first-order chi connectivity index (χ1) is 9.67. The highest BCUT2D eigenvalue weighted by molar-refractivity contribution is 5.66. The summed E-state index contributed by atoms with van der Waals surface area (Å²) < 4.78 is 5.32. The third-order valence-electron chi connectivity index (χ3n) is 5.65. The Morgan fingerprint density at radius 3 is 1.75 bits per heavy atom. The highest BCUT2D eigenvalue weighted by Gasteiger charge is 2.25. The van der Waals surface area contributed by atoms with Crippen LogP contribution >= 0.6 is 0 Å². The van der Waals surface area contributed by atoms with E-state index in [0.717, 1.165) is 30.6 Å². The molecule has 0 spiro atoms. The first kappa shape index (κ1) is 15.9. The maximum atomic E-state index is 11.0. The molecule has 0 bridgehead atoms. The van der Waals surface area contributed by atoms with Gasteiger partial charge in [0, 0.05) is 6.92 Å². The summed E-state index contributed by atoms with van der Waals surface area (Å²) in [6.45, 7) is 3.87. The summed E-state index contributed by atoms with van der Waals surface area (Å²) in [5.74, 6) is 2.81. The number of hydrogen-bond donors (Lipinski definition) is 0. The largest absolute Gasteiger partial charge is 0.463 e. The van der Waals surface area contributed by atoms with Crippen LogP contribution in [0.4, 0.5) is 0 Å². The summed E-state index contributed by atoms with van der Waals surface area (Å²) in [5, 5.41) is 0. The van der Waals surface area contributed by atoms with Crippen LogP contribution in [0.15, 0.2) is 0 Å². The number of carbonyl (C=O) groups excluding carboxylic acids is 1. The van der Waals surface area contributed by atoms with E-state index >= 15 is 0 Å². The Kier molecular flexibility index (Phi) is 6.38. The average Bonchev–Trinajstić information content (AvgIpc) is 2.46. The average molecular weight is 280 g/mol. The number of ether oxygens (including phenoxy) is 1. The minimum atomic E-state index is -0.110. The molecule has 2 saturated carbocycles. The van der Waals surface area contributed by atoms with Crippen LogP contribution in [0.25, 0.3) is 0 Å². The fourth-order valence-electron chi connectivity index (χ4n) is 4.17. The van der Waals surface area contributed by atoms with Gasteiger partial charge in [0.2, 0.25) is 0 Å². The van der Waals surface area contributed by atoms with Gasteiger partial charge >= 0.3 is 5.97 Å². The number of rotatable bonds is 5. The van der Waals surface area contributed by atoms with Gasteiger partial charge in [0.15, 0.2) is 0 Å². The lowest BCUT2D eigenvalue weighted by Gasteiger charge is -2.31. The van der Waals surface area contributed by atoms with E-state index in [9.17, 15) is 4.79 Å². The lowest BCUT2D eigenvalue weighted by Crippen LogP contribution is -2.24. The van der Waals surface area contributed by atoms with Gasteiger partial charge in [0.25, 0.3) is 0 Å². The van der Waals surface area contributed by atoms with Gasteiger partial charge in [0.1, 0.15) is 6.10 Å². The van der Waals surface area contributed by atoms with Gasteiger partial charge < -0.3 is 4.74 Å². The Balaban J connectivity index is 1.58. The molecule has 2 heteroatoms. The van der Waals surface area contributed by atoms with Crippen LogP contribution in [0, 0.1) is 17.8 Å². The summed E-state index contributed by atoms with van der Waals surface area (Å²) in [4.78, 5) is 11.0. The van der Waals surface area contributed by atoms with Gasteiger partial charge in [-0.3, -0.25) is 4.79 Å². The number of esters is 1. The van der Waals surface area contributed by atoms with E-state index in [1.54, 1.807) is 0 Å². The highest BCUT2D eigenvalue weighted by Crippen LogP contribution is 2.36. The molecule has 0 aromatic carbocycles. The van der Waals surface area contributed by atoms with Crippen LogP contribution in [0.5, 0.6) is 0 Å². The fourth-order valence-corrected chi connectivity index (χ4v) is 4.17. The second-order valence-electron chi connectivity index (χ2n) is 7.12. The number of hydrogen-bond acceptors (Lipinski definition) is 2. The second-order valence-corrected chi connectivity index (χ2v) is 7.12. The molecule has 2 aliphatic rings. The predicted molar refractivity (Wildman–Crippen MR) is 82.5 cm³/mol. The molecule has 0 aromatic heterocycles. The molecule has 0 unspecified atom stereocenters. The Labute approximate surface area is 124 Å². The Bertz CT molecular complexity index is 284. The van der Waals surface area contributed by atoms with Gasteiger partial charge in [-0.05, 0) is 43.4 Å². The lowest BCUT2D eigenvalue weighted by molar-refractivity contribution is -0.148. The van der Waals surface area contributed by atoms with Crippen LogP contribution in [-0.4, -0.2) is 12.1 Å². The lowest BCUT2D eigenvalue weighted by atomic mass is 9.76. The van der Waals surface area contributed by atoms with E-state index in [0.29, 0.717) is 0 Å². The fraction of sp³-hybridized carbons (Fsp3) is 0.944. The van der Waals surface area contributed by atoms with Crippen LogP contribution in [-0.2, 0) is 9.53 Å². The highest BCUT2D eigenvalue weighted by atomic mass is 16.5. The summed E-state index contributed by atoms with van der Waals surface area (Å²) in [6.07, 6.45) is 15.1. The zero-order chi connectivity index (χ0) is 14.4. The third kappa shape index (κ3) is 5.10. The monoisotopic (exact) mass is 280 g/mol. The van der Waals surface area contributed by atoms with Crippen molar-refractivity contribution in [2.75, 3.05) is 0 Å². The Morgan fingerprint density at radius 1 is 0.850 bits per heavy atom. The molecule has 0 aromatic rings. The van der Waals surface area contributed by atoms with Crippen LogP contribution in [0.1, 0.15) is 84.5 Å². The normalized spacial score (nSPS) is 34.7. The van der Waals surface area contributed by atoms with Gasteiger partial charge in [-0.2, -0.15) is 0 Å². The molecule has 116 valence electrons. The van der Waals surface area contributed by atoms with E-state index < -0.39 is 0 Å². The summed E-state index contributed by atoms with van der Waals surface area (Å²) in [6, 6.07) is 0. The van der Waals surface area contributed by atoms with Crippen LogP contribution in [0.3, 0.4) is 0 Å². The van der Waals surface area contributed by atoms with Gasteiger partial charge in [-0.25, -0.2) is 0 Å². The first-order valence-electron chi connectivity index (χ1n) is 8.84. The van der Waals surface area contributed by atoms with Gasteiger partial charge in [-0.1, -0.05) is 51.9 Å². The first-order valence-corrected chi connectivity index (χ1v) is 8.84. The Hall–Kier alpha value is -0.530. The molecule has 0 saturated heterocycles. The second kappa shape index (κ2) is 8.05. The van der Waals surface area contributed by atoms with Crippen molar-refractivity contribution in [3.63, 3.8) is 0 Å². The van der Waals surface area contributed by atoms with Crippen molar-refractivity contribution in [1.82, 2.24) is 0 Å². The van der Waals surface area contributed by atoms with Crippen LogP contribution < -0.4 is 0 Å². The molecule has 2 aliphatic carbocycles. The molecule has 0 N–H and O–H groups in total. The van der Waals surface area contributed by atoms with Crippen molar-refractivity contribution in [1.29, 1.82) is 0 Å². The topological polar surface area (TPSA) is 26.3 Å². The molecule has 0 amide bonds. The van der Waals surface area contributed by atoms with E-state index in [1.807, 2.05) is 0 Å². The maximum absolute atomic E-state index is 11.0. The van der Waals surface area contributed by atoms with Crippen molar-refractivity contribution in [3.8, 4) is 0 Å².